The maximum absolute atomic E-state index is 11.7. The fourth-order valence-corrected chi connectivity index (χ4v) is 3.73. The van der Waals surface area contributed by atoms with Crippen LogP contribution in [-0.2, 0) is 9.84 Å². The van der Waals surface area contributed by atoms with Gasteiger partial charge in [-0.3, -0.25) is 0 Å². The van der Waals surface area contributed by atoms with E-state index in [0.29, 0.717) is 4.90 Å². The van der Waals surface area contributed by atoms with E-state index in [2.05, 4.69) is 34.9 Å². The molecule has 0 amide bonds. The average molecular weight is 347 g/mol. The van der Waals surface area contributed by atoms with Crippen LogP contribution in [-0.4, -0.2) is 19.2 Å². The molecule has 0 aliphatic rings. The van der Waals surface area contributed by atoms with E-state index in [1.54, 1.807) is 12.1 Å². The van der Waals surface area contributed by atoms with E-state index < -0.39 is 9.84 Å². The van der Waals surface area contributed by atoms with Crippen LogP contribution in [0.2, 0.25) is 0 Å². The smallest absolute Gasteiger partial charge is 0.175 e. The van der Waals surface area contributed by atoms with Crippen LogP contribution in [0.25, 0.3) is 27.8 Å². The van der Waals surface area contributed by atoms with Crippen molar-refractivity contribution < 1.29 is 8.42 Å². The van der Waals surface area contributed by atoms with E-state index in [4.69, 9.17) is 0 Å². The van der Waals surface area contributed by atoms with Crippen LogP contribution in [0, 0.1) is 0 Å². The van der Waals surface area contributed by atoms with Crippen LogP contribution in [0.4, 0.5) is 0 Å². The average Bonchev–Trinajstić information content (AvgIpc) is 3.01. The topological polar surface area (TPSA) is 39.1 Å². The van der Waals surface area contributed by atoms with Gasteiger partial charge < -0.3 is 4.57 Å². The van der Waals surface area contributed by atoms with Crippen LogP contribution in [0.3, 0.4) is 0 Å². The number of para-hydroxylation sites is 1. The van der Waals surface area contributed by atoms with Crippen molar-refractivity contribution in [3.8, 4) is 16.9 Å². The third kappa shape index (κ3) is 2.85. The molecule has 0 unspecified atom stereocenters. The van der Waals surface area contributed by atoms with Gasteiger partial charge in [0.2, 0.25) is 0 Å². The molecule has 0 fully saturated rings. The Bertz CT molecular complexity index is 1140. The van der Waals surface area contributed by atoms with Gasteiger partial charge in [0.1, 0.15) is 0 Å². The monoisotopic (exact) mass is 347 g/mol. The maximum atomic E-state index is 11.7. The highest BCUT2D eigenvalue weighted by Crippen LogP contribution is 2.31. The number of aromatic nitrogens is 1. The van der Waals surface area contributed by atoms with Crippen molar-refractivity contribution in [2.24, 2.45) is 0 Å². The lowest BCUT2D eigenvalue weighted by atomic mass is 10.1. The highest BCUT2D eigenvalue weighted by Gasteiger charge is 2.13. The summed E-state index contributed by atoms with van der Waals surface area (Å²) in [5, 5.41) is 1.15. The molecule has 0 bridgehead atoms. The fourth-order valence-electron chi connectivity index (χ4n) is 3.10. The standard InChI is InChI=1S/C21H17NO2S/c1-25(23,24)19-13-11-18(12-14-19)22-20-10-6-5-9-17(20)15-21(22)16-7-3-2-4-8-16/h2-15H,1H3. The molecule has 4 aromatic rings. The molecule has 0 saturated carbocycles. The van der Waals surface area contributed by atoms with E-state index >= 15 is 0 Å². The Morgan fingerprint density at radius 2 is 1.40 bits per heavy atom. The molecule has 0 aliphatic carbocycles. The van der Waals surface area contributed by atoms with Gasteiger partial charge in [-0.25, -0.2) is 8.42 Å². The minimum atomic E-state index is -3.20. The van der Waals surface area contributed by atoms with Crippen molar-refractivity contribution in [2.75, 3.05) is 6.26 Å². The van der Waals surface area contributed by atoms with Crippen LogP contribution < -0.4 is 0 Å². The van der Waals surface area contributed by atoms with Gasteiger partial charge in [0, 0.05) is 17.3 Å². The predicted octanol–water partition coefficient (Wildman–Crippen LogP) is 4.70. The molecule has 1 heterocycles. The summed E-state index contributed by atoms with van der Waals surface area (Å²) in [5.41, 5.74) is 4.22. The SMILES string of the molecule is CS(=O)(=O)c1ccc(-n2c(-c3ccccc3)cc3ccccc32)cc1. The van der Waals surface area contributed by atoms with Crippen molar-refractivity contribution in [3.05, 3.63) is 84.9 Å². The molecule has 0 aliphatic heterocycles. The van der Waals surface area contributed by atoms with Crippen LogP contribution in [0.15, 0.2) is 89.8 Å². The number of fused-ring (bicyclic) bond motifs is 1. The Balaban J connectivity index is 1.97. The van der Waals surface area contributed by atoms with E-state index in [-0.39, 0.29) is 0 Å². The second-order valence-electron chi connectivity index (χ2n) is 6.06. The minimum Gasteiger partial charge on any atom is -0.309 e. The summed E-state index contributed by atoms with van der Waals surface area (Å²) in [6.07, 6.45) is 1.22. The minimum absolute atomic E-state index is 0.328. The predicted molar refractivity (Wildman–Crippen MR) is 102 cm³/mol. The lowest BCUT2D eigenvalue weighted by Crippen LogP contribution is -2.00. The largest absolute Gasteiger partial charge is 0.309 e. The molecule has 3 aromatic carbocycles. The molecule has 0 spiro atoms. The van der Waals surface area contributed by atoms with Gasteiger partial charge in [-0.05, 0) is 42.0 Å². The first kappa shape index (κ1) is 15.7. The van der Waals surface area contributed by atoms with Crippen molar-refractivity contribution in [1.82, 2.24) is 4.57 Å². The first-order chi connectivity index (χ1) is 12.0. The normalized spacial score (nSPS) is 11.7. The quantitative estimate of drug-likeness (QED) is 0.539. The van der Waals surface area contributed by atoms with Gasteiger partial charge in [-0.15, -0.1) is 0 Å². The number of benzene rings is 3. The van der Waals surface area contributed by atoms with Crippen LogP contribution in [0.1, 0.15) is 0 Å². The maximum Gasteiger partial charge on any atom is 0.175 e. The number of hydrogen-bond acceptors (Lipinski definition) is 2. The van der Waals surface area contributed by atoms with Gasteiger partial charge in [-0.2, -0.15) is 0 Å². The Hall–Kier alpha value is -2.85. The van der Waals surface area contributed by atoms with Gasteiger partial charge in [0.25, 0.3) is 0 Å². The lowest BCUT2D eigenvalue weighted by Gasteiger charge is -2.12. The van der Waals surface area contributed by atoms with E-state index in [1.807, 2.05) is 42.5 Å². The zero-order chi connectivity index (χ0) is 17.4. The summed E-state index contributed by atoms with van der Waals surface area (Å²) < 4.78 is 25.6. The Labute approximate surface area is 147 Å². The number of nitrogens with zero attached hydrogens (tertiary/aromatic N) is 1. The fraction of sp³-hybridized carbons (Fsp3) is 0.0476. The third-order valence-corrected chi connectivity index (χ3v) is 5.43. The van der Waals surface area contributed by atoms with E-state index in [1.165, 1.54) is 6.26 Å². The summed E-state index contributed by atoms with van der Waals surface area (Å²) in [5.74, 6) is 0. The van der Waals surface area contributed by atoms with Crippen molar-refractivity contribution in [1.29, 1.82) is 0 Å². The number of rotatable bonds is 3. The molecule has 0 atom stereocenters. The van der Waals surface area contributed by atoms with E-state index in [0.717, 1.165) is 27.8 Å². The molecule has 0 radical (unpaired) electrons. The van der Waals surface area contributed by atoms with Gasteiger partial charge in [0.05, 0.1) is 16.1 Å². The summed E-state index contributed by atoms with van der Waals surface area (Å²) in [6, 6.07) is 27.6. The molecular formula is C21H17NO2S. The molecule has 3 nitrogen and oxygen atoms in total. The molecule has 0 saturated heterocycles. The third-order valence-electron chi connectivity index (χ3n) is 4.30. The Kier molecular flexibility index (Phi) is 3.70. The summed E-state index contributed by atoms with van der Waals surface area (Å²) in [4.78, 5) is 0.328. The molecular weight excluding hydrogens is 330 g/mol. The Morgan fingerprint density at radius 3 is 2.08 bits per heavy atom. The zero-order valence-electron chi connectivity index (χ0n) is 13.8. The van der Waals surface area contributed by atoms with Crippen LogP contribution >= 0.6 is 0 Å². The number of hydrogen-bond donors (Lipinski definition) is 0. The molecule has 124 valence electrons. The van der Waals surface area contributed by atoms with E-state index in [9.17, 15) is 8.42 Å². The lowest BCUT2D eigenvalue weighted by molar-refractivity contribution is 0.602. The van der Waals surface area contributed by atoms with Gasteiger partial charge in [0.15, 0.2) is 9.84 Å². The van der Waals surface area contributed by atoms with Crippen molar-refractivity contribution in [2.45, 2.75) is 4.90 Å². The number of sulfone groups is 1. The molecule has 1 aromatic heterocycles. The first-order valence-electron chi connectivity index (χ1n) is 8.00. The van der Waals surface area contributed by atoms with Crippen molar-refractivity contribution >= 4 is 20.7 Å². The molecule has 4 rings (SSSR count). The highest BCUT2D eigenvalue weighted by atomic mass is 32.2. The summed E-state index contributed by atoms with van der Waals surface area (Å²) in [6.45, 7) is 0. The van der Waals surface area contributed by atoms with Crippen molar-refractivity contribution in [3.63, 3.8) is 0 Å². The van der Waals surface area contributed by atoms with Gasteiger partial charge in [-0.1, -0.05) is 48.5 Å². The first-order valence-corrected chi connectivity index (χ1v) is 9.89. The highest BCUT2D eigenvalue weighted by molar-refractivity contribution is 7.90. The molecule has 0 N–H and O–H groups in total. The second-order valence-corrected chi connectivity index (χ2v) is 8.07. The summed E-state index contributed by atoms with van der Waals surface area (Å²) >= 11 is 0. The van der Waals surface area contributed by atoms with Gasteiger partial charge >= 0.3 is 0 Å². The Morgan fingerprint density at radius 1 is 0.760 bits per heavy atom. The summed E-state index contributed by atoms with van der Waals surface area (Å²) in [7, 11) is -3.20. The zero-order valence-corrected chi connectivity index (χ0v) is 14.6. The molecule has 4 heteroatoms. The molecule has 25 heavy (non-hydrogen) atoms. The van der Waals surface area contributed by atoms with Crippen LogP contribution in [0.5, 0.6) is 0 Å². The second kappa shape index (κ2) is 5.90.